The van der Waals surface area contributed by atoms with Gasteiger partial charge in [0.15, 0.2) is 0 Å². The predicted octanol–water partition coefficient (Wildman–Crippen LogP) is 8.42. The Bertz CT molecular complexity index is 1520. The van der Waals surface area contributed by atoms with Crippen LogP contribution >= 0.6 is 24.0 Å². The molecule has 0 unspecified atom stereocenters. The molecule has 0 saturated carbocycles. The van der Waals surface area contributed by atoms with Gasteiger partial charge in [-0.1, -0.05) is 114 Å². The maximum atomic E-state index is 14.6. The Labute approximate surface area is 289 Å². The quantitative estimate of drug-likeness (QED) is 0.0945. The number of para-hydroxylation sites is 1. The van der Waals surface area contributed by atoms with Gasteiger partial charge in [-0.15, -0.1) is 0 Å². The van der Waals surface area contributed by atoms with E-state index in [0.29, 0.717) is 71.1 Å². The van der Waals surface area contributed by atoms with Crippen molar-refractivity contribution >= 4 is 51.8 Å². The first-order valence-electron chi connectivity index (χ1n) is 17.5. The smallest absolute Gasteiger partial charge is 0.270 e. The Hall–Kier alpha value is -3.16. The van der Waals surface area contributed by atoms with Crippen molar-refractivity contribution in [2.75, 3.05) is 42.5 Å². The summed E-state index contributed by atoms with van der Waals surface area (Å²) in [4.78, 5) is 33.8. The summed E-state index contributed by atoms with van der Waals surface area (Å²) in [5, 5.41) is 10.0. The minimum Gasteiger partial charge on any atom is -0.366 e. The average Bonchev–Trinajstić information content (AvgIpc) is 3.34. The van der Waals surface area contributed by atoms with Gasteiger partial charge in [-0.3, -0.25) is 19.1 Å². The molecule has 47 heavy (non-hydrogen) atoms. The van der Waals surface area contributed by atoms with Crippen LogP contribution in [0.2, 0.25) is 0 Å². The van der Waals surface area contributed by atoms with Crippen LogP contribution in [-0.2, 0) is 11.3 Å². The van der Waals surface area contributed by atoms with E-state index in [4.69, 9.17) is 12.2 Å². The fourth-order valence-corrected chi connectivity index (χ4v) is 7.75. The van der Waals surface area contributed by atoms with E-state index in [-0.39, 0.29) is 22.8 Å². The Morgan fingerprint density at radius 2 is 1.47 bits per heavy atom. The molecule has 0 bridgehead atoms. The number of carbonyl (C=O) groups is 1. The summed E-state index contributed by atoms with van der Waals surface area (Å²) >= 11 is 6.96. The summed E-state index contributed by atoms with van der Waals surface area (Å²) in [6, 6.07) is 8.92. The number of unbranched alkanes of at least 4 members (excludes halogenated alkanes) is 10. The van der Waals surface area contributed by atoms with Crippen molar-refractivity contribution in [3.8, 4) is 6.07 Å². The zero-order valence-electron chi connectivity index (χ0n) is 28.4. The first-order chi connectivity index (χ1) is 22.8. The van der Waals surface area contributed by atoms with Crippen LogP contribution in [-0.4, -0.2) is 52.4 Å². The Kier molecular flexibility index (Phi) is 14.4. The molecule has 0 atom stereocenters. The number of amides is 1. The predicted molar refractivity (Wildman–Crippen MR) is 198 cm³/mol. The highest BCUT2D eigenvalue weighted by molar-refractivity contribution is 8.26. The van der Waals surface area contributed by atoms with E-state index < -0.39 is 0 Å². The molecule has 2 saturated heterocycles. The highest BCUT2D eigenvalue weighted by Gasteiger charge is 2.33. The van der Waals surface area contributed by atoms with Gasteiger partial charge >= 0.3 is 0 Å². The summed E-state index contributed by atoms with van der Waals surface area (Å²) in [5.41, 5.74) is 1.63. The number of halogens is 1. The van der Waals surface area contributed by atoms with Crippen LogP contribution in [0, 0.1) is 24.1 Å². The van der Waals surface area contributed by atoms with E-state index in [2.05, 4.69) is 24.8 Å². The zero-order valence-corrected chi connectivity index (χ0v) is 30.0. The van der Waals surface area contributed by atoms with Crippen molar-refractivity contribution in [2.45, 2.75) is 104 Å². The number of nitriles is 1. The molecule has 0 spiro atoms. The van der Waals surface area contributed by atoms with Gasteiger partial charge in [0.05, 0.1) is 10.6 Å². The van der Waals surface area contributed by atoms with Gasteiger partial charge in [0.25, 0.3) is 11.5 Å². The van der Waals surface area contributed by atoms with Crippen LogP contribution in [0.25, 0.3) is 6.08 Å². The second kappa shape index (κ2) is 18.4. The first kappa shape index (κ1) is 36.7. The lowest BCUT2D eigenvalue weighted by Crippen LogP contribution is -2.49. The second-order valence-electron chi connectivity index (χ2n) is 12.6. The number of rotatable bonds is 17. The van der Waals surface area contributed by atoms with E-state index in [0.717, 1.165) is 25.7 Å². The maximum absolute atomic E-state index is 14.6. The number of hydrogen-bond donors (Lipinski definition) is 0. The summed E-state index contributed by atoms with van der Waals surface area (Å²) in [6.45, 7) is 9.43. The van der Waals surface area contributed by atoms with E-state index in [1.54, 1.807) is 28.5 Å². The van der Waals surface area contributed by atoms with Crippen molar-refractivity contribution < 1.29 is 9.18 Å². The first-order valence-corrected chi connectivity index (χ1v) is 18.7. The number of nitrogens with zero attached hydrogens (tertiary/aromatic N) is 5. The minimum absolute atomic E-state index is 0.0990. The van der Waals surface area contributed by atoms with Crippen molar-refractivity contribution in [3.05, 3.63) is 62.0 Å². The van der Waals surface area contributed by atoms with Crippen LogP contribution in [0.1, 0.15) is 108 Å². The molecule has 2 aliphatic rings. The lowest BCUT2D eigenvalue weighted by Gasteiger charge is -2.39. The average molecular weight is 680 g/mol. The van der Waals surface area contributed by atoms with Gasteiger partial charge in [-0.2, -0.15) is 5.26 Å². The van der Waals surface area contributed by atoms with Gasteiger partial charge in [-0.05, 0) is 43.5 Å². The van der Waals surface area contributed by atoms with Crippen LogP contribution in [0.4, 0.5) is 15.9 Å². The zero-order chi connectivity index (χ0) is 33.8. The molecule has 10 heteroatoms. The molecule has 2 fully saturated rings. The molecular weight excluding hydrogens is 630 g/mol. The maximum Gasteiger partial charge on any atom is 0.270 e. The number of hydrogen-bond acceptors (Lipinski definition) is 7. The second-order valence-corrected chi connectivity index (χ2v) is 14.3. The fourth-order valence-electron chi connectivity index (χ4n) is 6.46. The number of piperazine rings is 1. The van der Waals surface area contributed by atoms with Gasteiger partial charge in [0.2, 0.25) is 0 Å². The monoisotopic (exact) mass is 679 g/mol. The summed E-state index contributed by atoms with van der Waals surface area (Å²) in [5.74, 6) is 0.346. The summed E-state index contributed by atoms with van der Waals surface area (Å²) in [7, 11) is 0. The molecular formula is C37H50FN5O2S2. The molecule has 0 N–H and O–H groups in total. The van der Waals surface area contributed by atoms with Crippen molar-refractivity contribution in [2.24, 2.45) is 0 Å². The number of pyridine rings is 1. The minimum atomic E-state index is -0.310. The number of thiocarbonyl (C=S) groups is 1. The van der Waals surface area contributed by atoms with E-state index in [1.807, 2.05) is 17.0 Å². The van der Waals surface area contributed by atoms with Crippen molar-refractivity contribution in [3.63, 3.8) is 0 Å². The van der Waals surface area contributed by atoms with Crippen LogP contribution < -0.4 is 15.4 Å². The van der Waals surface area contributed by atoms with E-state index in [9.17, 15) is 19.2 Å². The molecule has 4 rings (SSSR count). The molecule has 2 aliphatic heterocycles. The molecule has 3 heterocycles. The third kappa shape index (κ3) is 9.26. The molecule has 7 nitrogen and oxygen atoms in total. The molecule has 0 aliphatic carbocycles. The topological polar surface area (TPSA) is 72.6 Å². The lowest BCUT2D eigenvalue weighted by atomic mass is 10.0. The molecule has 2 aromatic rings. The lowest BCUT2D eigenvalue weighted by molar-refractivity contribution is -0.122. The van der Waals surface area contributed by atoms with Crippen LogP contribution in [0.5, 0.6) is 0 Å². The van der Waals surface area contributed by atoms with Crippen LogP contribution in [0.15, 0.2) is 34.0 Å². The SMILES string of the molecule is CCCCCCCCCCCCN1C(=O)C(=Cc2c(C)c(C#N)c(=O)n(CCCC)c2N2CCN(c3ccccc3F)CC2)SC1=S. The van der Waals surface area contributed by atoms with Gasteiger partial charge in [-0.25, -0.2) is 4.39 Å². The third-order valence-corrected chi connectivity index (χ3v) is 10.6. The number of anilines is 2. The number of benzene rings is 1. The van der Waals surface area contributed by atoms with E-state index >= 15 is 0 Å². The largest absolute Gasteiger partial charge is 0.366 e. The summed E-state index contributed by atoms with van der Waals surface area (Å²) in [6.07, 6.45) is 15.7. The number of aromatic nitrogens is 1. The molecule has 254 valence electrons. The third-order valence-electron chi connectivity index (χ3n) is 9.24. The number of thioether (sulfide) groups is 1. The molecule has 1 aromatic carbocycles. The van der Waals surface area contributed by atoms with Gasteiger partial charge < -0.3 is 9.80 Å². The highest BCUT2D eigenvalue weighted by atomic mass is 32.2. The molecule has 1 amide bonds. The fraction of sp³-hybridized carbons (Fsp3) is 0.568. The molecule has 1 aromatic heterocycles. The normalized spacial score (nSPS) is 16.1. The highest BCUT2D eigenvalue weighted by Crippen LogP contribution is 2.36. The Balaban J connectivity index is 1.53. The standard InChI is InChI=1S/C37H50FN5O2S2/c1-4-6-8-9-10-11-12-13-14-17-21-43-36(45)33(47-37(43)46)26-29-28(3)30(27-39)35(44)42(20-7-5-2)34(29)41-24-22-40(23-25-41)32-19-16-15-18-31(32)38/h15-16,18-19,26H,4-14,17,20-25H2,1-3H3. The van der Waals surface area contributed by atoms with Crippen molar-refractivity contribution in [1.29, 1.82) is 5.26 Å². The molecule has 0 radical (unpaired) electrons. The van der Waals surface area contributed by atoms with Crippen LogP contribution in [0.3, 0.4) is 0 Å². The van der Waals surface area contributed by atoms with E-state index in [1.165, 1.54) is 69.2 Å². The van der Waals surface area contributed by atoms with Gasteiger partial charge in [0.1, 0.15) is 27.6 Å². The Morgan fingerprint density at radius 1 is 0.872 bits per heavy atom. The van der Waals surface area contributed by atoms with Crippen molar-refractivity contribution in [1.82, 2.24) is 9.47 Å². The summed E-state index contributed by atoms with van der Waals surface area (Å²) < 4.78 is 16.8. The number of carbonyl (C=O) groups excluding carboxylic acids is 1. The van der Waals surface area contributed by atoms with Gasteiger partial charge in [0, 0.05) is 44.8 Å². The Morgan fingerprint density at radius 3 is 2.09 bits per heavy atom.